The van der Waals surface area contributed by atoms with E-state index in [1.165, 1.54) is 16.8 Å². The quantitative estimate of drug-likeness (QED) is 0.762. The van der Waals surface area contributed by atoms with Gasteiger partial charge in [0.15, 0.2) is 0 Å². The average molecular weight is 212 g/mol. The van der Waals surface area contributed by atoms with Crippen molar-refractivity contribution >= 4 is 6.20 Å². The smallest absolute Gasteiger partial charge is 0.0989 e. The summed E-state index contributed by atoms with van der Waals surface area (Å²) in [4.78, 5) is 4.19. The summed E-state index contributed by atoms with van der Waals surface area (Å²) in [5.41, 5.74) is 3.80. The van der Waals surface area contributed by atoms with Crippen LogP contribution in [0.4, 0.5) is 0 Å². The lowest BCUT2D eigenvalue weighted by molar-refractivity contribution is 0.996. The molecule has 16 heavy (non-hydrogen) atoms. The fraction of sp³-hybridized carbons (Fsp3) is 0.214. The predicted octanol–water partition coefficient (Wildman–Crippen LogP) is 3.35. The topological polar surface area (TPSA) is 17.8 Å². The maximum absolute atomic E-state index is 4.19. The molecule has 0 aliphatic rings. The molecule has 0 saturated heterocycles. The summed E-state index contributed by atoms with van der Waals surface area (Å²) in [5.74, 6) is 0. The van der Waals surface area contributed by atoms with Crippen molar-refractivity contribution in [3.05, 3.63) is 59.7 Å². The van der Waals surface area contributed by atoms with E-state index in [0.717, 1.165) is 6.42 Å². The molecule has 1 heterocycles. The Balaban J connectivity index is 2.23. The second kappa shape index (κ2) is 4.79. The summed E-state index contributed by atoms with van der Waals surface area (Å²) >= 11 is 0. The van der Waals surface area contributed by atoms with E-state index >= 15 is 0 Å². The summed E-state index contributed by atoms with van der Waals surface area (Å²) in [6.45, 7) is 4.18. The van der Waals surface area contributed by atoms with Gasteiger partial charge in [0.25, 0.3) is 0 Å². The highest BCUT2D eigenvalue weighted by Gasteiger charge is 2.00. The van der Waals surface area contributed by atoms with Crippen molar-refractivity contribution in [1.29, 1.82) is 0 Å². The van der Waals surface area contributed by atoms with Gasteiger partial charge in [0.1, 0.15) is 0 Å². The molecule has 0 saturated carbocycles. The molecule has 2 heteroatoms. The summed E-state index contributed by atoms with van der Waals surface area (Å²) in [6.07, 6.45) is 6.80. The van der Waals surface area contributed by atoms with Gasteiger partial charge < -0.3 is 4.57 Å². The molecule has 1 aromatic heterocycles. The highest BCUT2D eigenvalue weighted by Crippen LogP contribution is 2.10. The van der Waals surface area contributed by atoms with Gasteiger partial charge in [0.2, 0.25) is 0 Å². The van der Waals surface area contributed by atoms with Gasteiger partial charge in [-0.1, -0.05) is 35.9 Å². The summed E-state index contributed by atoms with van der Waals surface area (Å²) in [7, 11) is 0. The SMILES string of the molecule is CC(C)=Cn1cncc1Cc1ccccc1. The Kier molecular flexibility index (Phi) is 3.20. The fourth-order valence-corrected chi connectivity index (χ4v) is 1.67. The highest BCUT2D eigenvalue weighted by atomic mass is 15.0. The second-order valence-electron chi connectivity index (χ2n) is 4.16. The number of imidazole rings is 1. The van der Waals surface area contributed by atoms with Crippen LogP contribution in [0.3, 0.4) is 0 Å². The minimum absolute atomic E-state index is 0.921. The molecule has 0 radical (unpaired) electrons. The molecule has 2 nitrogen and oxygen atoms in total. The molecule has 0 N–H and O–H groups in total. The zero-order valence-electron chi connectivity index (χ0n) is 9.72. The van der Waals surface area contributed by atoms with Gasteiger partial charge in [-0.3, -0.25) is 0 Å². The van der Waals surface area contributed by atoms with Gasteiger partial charge in [-0.15, -0.1) is 0 Å². The maximum Gasteiger partial charge on any atom is 0.0989 e. The Labute approximate surface area is 96.3 Å². The Morgan fingerprint density at radius 2 is 2.00 bits per heavy atom. The molecule has 0 aliphatic heterocycles. The van der Waals surface area contributed by atoms with Crippen molar-refractivity contribution in [2.75, 3.05) is 0 Å². The second-order valence-corrected chi connectivity index (χ2v) is 4.16. The van der Waals surface area contributed by atoms with Crippen molar-refractivity contribution in [1.82, 2.24) is 9.55 Å². The molecule has 2 aromatic rings. The minimum atomic E-state index is 0.921. The van der Waals surface area contributed by atoms with Crippen molar-refractivity contribution in [3.8, 4) is 0 Å². The average Bonchev–Trinajstić information content (AvgIpc) is 2.66. The maximum atomic E-state index is 4.19. The van der Waals surface area contributed by atoms with E-state index in [1.807, 2.05) is 18.6 Å². The van der Waals surface area contributed by atoms with E-state index in [9.17, 15) is 0 Å². The minimum Gasteiger partial charge on any atom is -0.310 e. The first-order valence-corrected chi connectivity index (χ1v) is 5.45. The molecule has 0 unspecified atom stereocenters. The van der Waals surface area contributed by atoms with Crippen LogP contribution in [0, 0.1) is 0 Å². The molecule has 0 fully saturated rings. The van der Waals surface area contributed by atoms with Crippen LogP contribution in [0.5, 0.6) is 0 Å². The van der Waals surface area contributed by atoms with Crippen LogP contribution < -0.4 is 0 Å². The monoisotopic (exact) mass is 212 g/mol. The zero-order chi connectivity index (χ0) is 11.4. The van der Waals surface area contributed by atoms with Crippen molar-refractivity contribution in [3.63, 3.8) is 0 Å². The number of rotatable bonds is 3. The molecule has 0 atom stereocenters. The molecular formula is C14H16N2. The third-order valence-electron chi connectivity index (χ3n) is 2.37. The van der Waals surface area contributed by atoms with Crippen LogP contribution in [0.15, 0.2) is 48.4 Å². The van der Waals surface area contributed by atoms with Crippen molar-refractivity contribution < 1.29 is 0 Å². The lowest BCUT2D eigenvalue weighted by atomic mass is 10.1. The van der Waals surface area contributed by atoms with Crippen LogP contribution >= 0.6 is 0 Å². The van der Waals surface area contributed by atoms with E-state index in [0.29, 0.717) is 0 Å². The van der Waals surface area contributed by atoms with Crippen molar-refractivity contribution in [2.24, 2.45) is 0 Å². The molecular weight excluding hydrogens is 196 g/mol. The van der Waals surface area contributed by atoms with Gasteiger partial charge >= 0.3 is 0 Å². The van der Waals surface area contributed by atoms with Gasteiger partial charge in [0.05, 0.1) is 6.33 Å². The highest BCUT2D eigenvalue weighted by molar-refractivity contribution is 5.32. The van der Waals surface area contributed by atoms with Crippen LogP contribution in [0.2, 0.25) is 0 Å². The molecule has 1 aromatic carbocycles. The van der Waals surface area contributed by atoms with E-state index in [2.05, 4.69) is 53.9 Å². The number of aromatic nitrogens is 2. The molecule has 82 valence electrons. The van der Waals surface area contributed by atoms with Gasteiger partial charge in [-0.2, -0.15) is 0 Å². The molecule has 0 bridgehead atoms. The summed E-state index contributed by atoms with van der Waals surface area (Å²) < 4.78 is 2.09. The number of hydrogen-bond acceptors (Lipinski definition) is 1. The third-order valence-corrected chi connectivity index (χ3v) is 2.37. The van der Waals surface area contributed by atoms with Crippen LogP contribution in [-0.2, 0) is 6.42 Å². The van der Waals surface area contributed by atoms with Crippen molar-refractivity contribution in [2.45, 2.75) is 20.3 Å². The normalized spacial score (nSPS) is 10.1. The Hall–Kier alpha value is -1.83. The Morgan fingerprint density at radius 1 is 1.25 bits per heavy atom. The summed E-state index contributed by atoms with van der Waals surface area (Å²) in [6, 6.07) is 10.4. The van der Waals surface area contributed by atoms with Crippen LogP contribution in [-0.4, -0.2) is 9.55 Å². The van der Waals surface area contributed by atoms with E-state index in [4.69, 9.17) is 0 Å². The van der Waals surface area contributed by atoms with Gasteiger partial charge in [0, 0.05) is 24.5 Å². The Morgan fingerprint density at radius 3 is 2.69 bits per heavy atom. The fourth-order valence-electron chi connectivity index (χ4n) is 1.67. The zero-order valence-corrected chi connectivity index (χ0v) is 9.72. The van der Waals surface area contributed by atoms with E-state index < -0.39 is 0 Å². The van der Waals surface area contributed by atoms with Gasteiger partial charge in [-0.25, -0.2) is 4.98 Å². The van der Waals surface area contributed by atoms with Crippen LogP contribution in [0.1, 0.15) is 25.1 Å². The van der Waals surface area contributed by atoms with Crippen LogP contribution in [0.25, 0.3) is 6.20 Å². The number of benzene rings is 1. The third kappa shape index (κ3) is 2.60. The Bertz CT molecular complexity index is 476. The van der Waals surface area contributed by atoms with E-state index in [-0.39, 0.29) is 0 Å². The standard InChI is InChI=1S/C14H16N2/c1-12(2)10-16-11-15-9-14(16)8-13-6-4-3-5-7-13/h3-7,9-11H,8H2,1-2H3. The molecule has 0 spiro atoms. The first-order chi connectivity index (χ1) is 7.75. The molecule has 2 rings (SSSR count). The van der Waals surface area contributed by atoms with E-state index in [1.54, 1.807) is 0 Å². The number of hydrogen-bond donors (Lipinski definition) is 0. The number of nitrogens with zero attached hydrogens (tertiary/aromatic N) is 2. The predicted molar refractivity (Wildman–Crippen MR) is 67.1 cm³/mol. The van der Waals surface area contributed by atoms with Gasteiger partial charge in [-0.05, 0) is 19.4 Å². The lowest BCUT2D eigenvalue weighted by Crippen LogP contribution is -1.95. The largest absolute Gasteiger partial charge is 0.310 e. The molecule has 0 amide bonds. The first-order valence-electron chi connectivity index (χ1n) is 5.45. The molecule has 0 aliphatic carbocycles. The first kappa shape index (κ1) is 10.7. The lowest BCUT2D eigenvalue weighted by Gasteiger charge is -2.03. The summed E-state index contributed by atoms with van der Waals surface area (Å²) in [5, 5.41) is 0. The number of allylic oxidation sites excluding steroid dienone is 1.